The van der Waals surface area contributed by atoms with Crippen LogP contribution in [0.3, 0.4) is 0 Å². The fourth-order valence-electron chi connectivity index (χ4n) is 1.23. The molecule has 13 heavy (non-hydrogen) atoms. The molecule has 5 heteroatoms. The summed E-state index contributed by atoms with van der Waals surface area (Å²) in [5.74, 6) is 0. The van der Waals surface area contributed by atoms with Gasteiger partial charge < -0.3 is 5.73 Å². The third kappa shape index (κ3) is 2.04. The van der Waals surface area contributed by atoms with Gasteiger partial charge in [-0.3, -0.25) is 0 Å². The van der Waals surface area contributed by atoms with Gasteiger partial charge in [0, 0.05) is 6.54 Å². The topological polar surface area (TPSA) is 80.5 Å². The quantitative estimate of drug-likeness (QED) is 0.716. The van der Waals surface area contributed by atoms with Crippen molar-refractivity contribution in [3.8, 4) is 6.07 Å². The summed E-state index contributed by atoms with van der Waals surface area (Å²) < 4.78 is 1.62. The van der Waals surface area contributed by atoms with Crippen LogP contribution in [0.25, 0.3) is 0 Å². The minimum Gasteiger partial charge on any atom is -0.325 e. The van der Waals surface area contributed by atoms with Crippen molar-refractivity contribution >= 4 is 0 Å². The van der Waals surface area contributed by atoms with Crippen molar-refractivity contribution in [2.24, 2.45) is 5.73 Å². The second-order valence-electron chi connectivity index (χ2n) is 2.75. The van der Waals surface area contributed by atoms with Crippen molar-refractivity contribution < 1.29 is 0 Å². The third-order valence-corrected chi connectivity index (χ3v) is 1.82. The first kappa shape index (κ1) is 9.68. The number of nitrogens with two attached hydrogens (primary N) is 1. The molecule has 70 valence electrons. The molecule has 2 N–H and O–H groups in total. The van der Waals surface area contributed by atoms with Gasteiger partial charge in [-0.1, -0.05) is 18.6 Å². The van der Waals surface area contributed by atoms with Crippen LogP contribution in [-0.2, 0) is 19.5 Å². The number of rotatable bonds is 4. The Balaban J connectivity index is 2.93. The maximum Gasteiger partial charge on any atom is 0.130 e. The molecular weight excluding hydrogens is 166 g/mol. The lowest BCUT2D eigenvalue weighted by Gasteiger charge is -2.01. The largest absolute Gasteiger partial charge is 0.325 e. The molecule has 0 aromatic carbocycles. The predicted octanol–water partition coefficient (Wildman–Crippen LogP) is 0.213. The van der Waals surface area contributed by atoms with Gasteiger partial charge in [-0.15, -0.1) is 5.10 Å². The Morgan fingerprint density at radius 3 is 2.92 bits per heavy atom. The van der Waals surface area contributed by atoms with Gasteiger partial charge in [-0.2, -0.15) is 5.26 Å². The zero-order valence-corrected chi connectivity index (χ0v) is 7.69. The molecule has 0 saturated heterocycles. The fourth-order valence-corrected chi connectivity index (χ4v) is 1.23. The molecular formula is C8H13N5. The molecule has 0 unspecified atom stereocenters. The highest BCUT2D eigenvalue weighted by molar-refractivity contribution is 5.10. The minimum atomic E-state index is 0.252. The summed E-state index contributed by atoms with van der Waals surface area (Å²) in [5.41, 5.74) is 7.29. The molecule has 0 amide bonds. The van der Waals surface area contributed by atoms with Crippen molar-refractivity contribution in [2.45, 2.75) is 32.9 Å². The molecule has 1 heterocycles. The Morgan fingerprint density at radius 1 is 1.62 bits per heavy atom. The smallest absolute Gasteiger partial charge is 0.130 e. The first-order chi connectivity index (χ1) is 6.33. The van der Waals surface area contributed by atoms with Crippen LogP contribution in [0.4, 0.5) is 0 Å². The molecule has 1 aromatic rings. The third-order valence-electron chi connectivity index (χ3n) is 1.82. The predicted molar refractivity (Wildman–Crippen MR) is 47.5 cm³/mol. The zero-order valence-electron chi connectivity index (χ0n) is 7.69. The summed E-state index contributed by atoms with van der Waals surface area (Å²) in [6.45, 7) is 2.72. The van der Waals surface area contributed by atoms with E-state index in [2.05, 4.69) is 17.2 Å². The molecule has 0 aliphatic rings. The van der Waals surface area contributed by atoms with E-state index in [1.165, 1.54) is 0 Å². The molecule has 0 aliphatic carbocycles. The van der Waals surface area contributed by atoms with Crippen LogP contribution in [0.5, 0.6) is 0 Å². The van der Waals surface area contributed by atoms with Crippen LogP contribution in [-0.4, -0.2) is 15.0 Å². The molecule has 0 aliphatic heterocycles. The number of aromatic nitrogens is 3. The van der Waals surface area contributed by atoms with Gasteiger partial charge in [0.25, 0.3) is 0 Å². The van der Waals surface area contributed by atoms with Crippen molar-refractivity contribution in [1.29, 1.82) is 5.26 Å². The van der Waals surface area contributed by atoms with E-state index in [0.717, 1.165) is 24.2 Å². The van der Waals surface area contributed by atoms with Crippen molar-refractivity contribution in [2.75, 3.05) is 0 Å². The normalized spacial score (nSPS) is 9.92. The van der Waals surface area contributed by atoms with Crippen molar-refractivity contribution in [3.63, 3.8) is 0 Å². The molecule has 0 spiro atoms. The average molecular weight is 179 g/mol. The summed E-state index contributed by atoms with van der Waals surface area (Å²) in [4.78, 5) is 0. The van der Waals surface area contributed by atoms with Crippen molar-refractivity contribution in [3.05, 3.63) is 11.4 Å². The number of hydrogen-bond acceptors (Lipinski definition) is 4. The second kappa shape index (κ2) is 4.58. The van der Waals surface area contributed by atoms with Gasteiger partial charge in [0.1, 0.15) is 6.54 Å². The van der Waals surface area contributed by atoms with Crippen LogP contribution in [0.1, 0.15) is 24.7 Å². The molecule has 5 nitrogen and oxygen atoms in total. The standard InChI is InChI=1S/C8H13N5/c1-2-3-8-7(6-10)11-12-13(8)5-4-9/h2-3,5-6,10H2,1H3. The minimum absolute atomic E-state index is 0.252. The van der Waals surface area contributed by atoms with E-state index in [-0.39, 0.29) is 6.54 Å². The van der Waals surface area contributed by atoms with Crippen LogP contribution >= 0.6 is 0 Å². The maximum atomic E-state index is 8.52. The average Bonchev–Trinajstić information content (AvgIpc) is 2.50. The van der Waals surface area contributed by atoms with E-state index < -0.39 is 0 Å². The van der Waals surface area contributed by atoms with Crippen LogP contribution in [0, 0.1) is 11.3 Å². The monoisotopic (exact) mass is 179 g/mol. The molecule has 0 fully saturated rings. The highest BCUT2D eigenvalue weighted by atomic mass is 15.4. The van der Waals surface area contributed by atoms with E-state index >= 15 is 0 Å². The number of hydrogen-bond donors (Lipinski definition) is 1. The lowest BCUT2D eigenvalue weighted by atomic mass is 10.2. The first-order valence-electron chi connectivity index (χ1n) is 4.31. The van der Waals surface area contributed by atoms with Gasteiger partial charge in [0.05, 0.1) is 17.5 Å². The van der Waals surface area contributed by atoms with Gasteiger partial charge in [0.2, 0.25) is 0 Å². The zero-order chi connectivity index (χ0) is 9.68. The van der Waals surface area contributed by atoms with Gasteiger partial charge >= 0.3 is 0 Å². The molecule has 0 bridgehead atoms. The highest BCUT2D eigenvalue weighted by Gasteiger charge is 2.09. The Labute approximate surface area is 77.1 Å². The van der Waals surface area contributed by atoms with Crippen molar-refractivity contribution in [1.82, 2.24) is 15.0 Å². The lowest BCUT2D eigenvalue weighted by Crippen LogP contribution is -2.06. The fraction of sp³-hybridized carbons (Fsp3) is 0.625. The van der Waals surface area contributed by atoms with Gasteiger partial charge in [0.15, 0.2) is 0 Å². The molecule has 0 radical (unpaired) electrons. The summed E-state index contributed by atoms with van der Waals surface area (Å²) in [6, 6.07) is 2.04. The number of nitriles is 1. The van der Waals surface area contributed by atoms with E-state index in [9.17, 15) is 0 Å². The van der Waals surface area contributed by atoms with Crippen LogP contribution in [0.2, 0.25) is 0 Å². The Hall–Kier alpha value is -1.41. The van der Waals surface area contributed by atoms with Crippen LogP contribution in [0.15, 0.2) is 0 Å². The summed E-state index contributed by atoms with van der Waals surface area (Å²) in [7, 11) is 0. The second-order valence-corrected chi connectivity index (χ2v) is 2.75. The van der Waals surface area contributed by atoms with E-state index in [1.54, 1.807) is 4.68 Å². The van der Waals surface area contributed by atoms with Gasteiger partial charge in [-0.25, -0.2) is 4.68 Å². The van der Waals surface area contributed by atoms with E-state index in [4.69, 9.17) is 11.0 Å². The Morgan fingerprint density at radius 2 is 2.38 bits per heavy atom. The summed E-state index contributed by atoms with van der Waals surface area (Å²) in [6.07, 6.45) is 1.88. The summed E-state index contributed by atoms with van der Waals surface area (Å²) >= 11 is 0. The SMILES string of the molecule is CCCc1c(CN)nnn1CC#N. The molecule has 1 aromatic heterocycles. The van der Waals surface area contributed by atoms with E-state index in [0.29, 0.717) is 6.54 Å². The molecule has 1 rings (SSSR count). The number of nitrogens with zero attached hydrogens (tertiary/aromatic N) is 4. The Kier molecular flexibility index (Phi) is 3.41. The Bertz CT molecular complexity index is 309. The highest BCUT2D eigenvalue weighted by Crippen LogP contribution is 2.07. The summed E-state index contributed by atoms with van der Waals surface area (Å²) in [5, 5.41) is 16.3. The van der Waals surface area contributed by atoms with Gasteiger partial charge in [-0.05, 0) is 6.42 Å². The molecule has 0 atom stereocenters. The van der Waals surface area contributed by atoms with E-state index in [1.807, 2.05) is 6.07 Å². The molecule has 0 saturated carbocycles. The first-order valence-corrected chi connectivity index (χ1v) is 4.31. The van der Waals surface area contributed by atoms with Crippen LogP contribution < -0.4 is 5.73 Å². The maximum absolute atomic E-state index is 8.52. The lowest BCUT2D eigenvalue weighted by molar-refractivity contribution is 0.629.